The first-order valence-corrected chi connectivity index (χ1v) is 12.9. The van der Waals surface area contributed by atoms with Gasteiger partial charge in [-0.05, 0) is 49.1 Å². The quantitative estimate of drug-likeness (QED) is 0.595. The van der Waals surface area contributed by atoms with E-state index in [9.17, 15) is 0 Å². The Balaban J connectivity index is 2.03. The molecule has 0 bridgehead atoms. The molecule has 0 N–H and O–H groups in total. The minimum atomic E-state index is 0.229. The molecule has 2 aliphatic carbocycles. The summed E-state index contributed by atoms with van der Waals surface area (Å²) in [5, 5.41) is 0. The van der Waals surface area contributed by atoms with Gasteiger partial charge in [0, 0.05) is 0 Å². The summed E-state index contributed by atoms with van der Waals surface area (Å²) < 4.78 is 0. The first-order valence-electron chi connectivity index (χ1n) is 6.17. The van der Waals surface area contributed by atoms with Crippen LogP contribution in [0.3, 0.4) is 0 Å². The van der Waals surface area contributed by atoms with Crippen LogP contribution in [0.5, 0.6) is 0 Å². The lowest BCUT2D eigenvalue weighted by Crippen LogP contribution is -2.32. The molecule has 6 unspecified atom stereocenters. The molecule has 88 valence electrons. The molecule has 2 fully saturated rings. The van der Waals surface area contributed by atoms with Crippen LogP contribution in [0, 0.1) is 11.3 Å². The summed E-state index contributed by atoms with van der Waals surface area (Å²) in [7, 11) is 7.48. The van der Waals surface area contributed by atoms with Crippen LogP contribution in [0.15, 0.2) is 0 Å². The summed E-state index contributed by atoms with van der Waals surface area (Å²) in [6.45, 7) is 2.50. The molecule has 0 heterocycles. The van der Waals surface area contributed by atoms with Gasteiger partial charge in [0.1, 0.15) is 0 Å². The average Bonchev–Trinajstić information content (AvgIpc) is 2.70. The second-order valence-electron chi connectivity index (χ2n) is 5.53. The van der Waals surface area contributed by atoms with Gasteiger partial charge in [-0.2, -0.15) is 0 Å². The fraction of sp³-hybridized carbons (Fsp3) is 1.00. The van der Waals surface area contributed by atoms with Crippen LogP contribution in [0.25, 0.3) is 0 Å². The lowest BCUT2D eigenvalue weighted by Gasteiger charge is -2.44. The topological polar surface area (TPSA) is 0 Å². The van der Waals surface area contributed by atoms with Crippen molar-refractivity contribution in [3.05, 3.63) is 0 Å². The zero-order valence-electron chi connectivity index (χ0n) is 9.71. The third kappa shape index (κ3) is 2.94. The van der Waals surface area contributed by atoms with Crippen molar-refractivity contribution < 1.29 is 0 Å². The fourth-order valence-electron chi connectivity index (χ4n) is 3.52. The van der Waals surface area contributed by atoms with Crippen LogP contribution in [0.1, 0.15) is 51.9 Å². The highest BCUT2D eigenvalue weighted by atomic mass is 32.6. The van der Waals surface area contributed by atoms with Crippen LogP contribution in [0.4, 0.5) is 0 Å². The van der Waals surface area contributed by atoms with E-state index in [1.54, 1.807) is 25.7 Å². The first kappa shape index (κ1) is 13.2. The fourth-order valence-corrected chi connectivity index (χ4v) is 9.53. The summed E-state index contributed by atoms with van der Waals surface area (Å²) >= 11 is 0. The molecule has 0 aromatic carbocycles. The Kier molecular flexibility index (Phi) is 4.89. The Morgan fingerprint density at radius 2 is 1.93 bits per heavy atom. The molecule has 0 radical (unpaired) electrons. The predicted molar refractivity (Wildman–Crippen MR) is 82.4 cm³/mol. The standard InChI is InChI=1S/C11H24P4/c1-9-4-7-11(5-2-3-6-11)8-10(9)15(13)14-12/h9-10,14H,2-8,12-13H2,1H3. The Labute approximate surface area is 102 Å². The van der Waals surface area contributed by atoms with Crippen LogP contribution >= 0.6 is 33.1 Å². The minimum absolute atomic E-state index is 0.229. The van der Waals surface area contributed by atoms with Crippen molar-refractivity contribution in [2.75, 3.05) is 0 Å². The van der Waals surface area contributed by atoms with Crippen molar-refractivity contribution in [1.82, 2.24) is 0 Å². The first-order chi connectivity index (χ1) is 7.17. The zero-order chi connectivity index (χ0) is 10.9. The SMILES string of the molecule is CC1CCC2(CCCC2)CC1P(P)PP. The van der Waals surface area contributed by atoms with E-state index in [2.05, 4.69) is 24.8 Å². The van der Waals surface area contributed by atoms with Crippen LogP contribution in [0.2, 0.25) is 0 Å². The van der Waals surface area contributed by atoms with E-state index < -0.39 is 0 Å². The third-order valence-corrected chi connectivity index (χ3v) is 16.1. The van der Waals surface area contributed by atoms with Crippen LogP contribution < -0.4 is 0 Å². The smallest absolute Gasteiger partial charge is 0.0105 e. The second-order valence-corrected chi connectivity index (χ2v) is 15.1. The van der Waals surface area contributed by atoms with Gasteiger partial charge in [0.2, 0.25) is 0 Å². The molecule has 0 aromatic rings. The van der Waals surface area contributed by atoms with E-state index in [1.165, 1.54) is 19.3 Å². The summed E-state index contributed by atoms with van der Waals surface area (Å²) in [6, 6.07) is 0. The minimum Gasteiger partial charge on any atom is -0.110 e. The van der Waals surface area contributed by atoms with E-state index in [0.29, 0.717) is 0 Å². The molecule has 1 spiro atoms. The van der Waals surface area contributed by atoms with Crippen molar-refractivity contribution >= 4 is 33.1 Å². The van der Waals surface area contributed by atoms with E-state index in [0.717, 1.165) is 24.9 Å². The monoisotopic (exact) mass is 280 g/mol. The van der Waals surface area contributed by atoms with Crippen molar-refractivity contribution in [3.8, 4) is 0 Å². The van der Waals surface area contributed by atoms with Crippen molar-refractivity contribution in [1.29, 1.82) is 0 Å². The lowest BCUT2D eigenvalue weighted by molar-refractivity contribution is 0.168. The van der Waals surface area contributed by atoms with E-state index in [1.807, 2.05) is 0 Å². The Bertz CT molecular complexity index is 209. The second kappa shape index (κ2) is 5.57. The highest BCUT2D eigenvalue weighted by Gasteiger charge is 2.42. The number of hydrogen-bond donors (Lipinski definition) is 0. The highest BCUT2D eigenvalue weighted by Crippen LogP contribution is 2.73. The van der Waals surface area contributed by atoms with Crippen LogP contribution in [-0.2, 0) is 0 Å². The summed E-state index contributed by atoms with van der Waals surface area (Å²) in [4.78, 5) is 0. The molecule has 0 nitrogen and oxygen atoms in total. The van der Waals surface area contributed by atoms with Gasteiger partial charge in [0.05, 0.1) is 0 Å². The molecule has 0 aliphatic heterocycles. The van der Waals surface area contributed by atoms with Gasteiger partial charge in [-0.25, -0.2) is 0 Å². The van der Waals surface area contributed by atoms with Gasteiger partial charge in [-0.15, -0.1) is 17.9 Å². The van der Waals surface area contributed by atoms with Crippen molar-refractivity contribution in [2.24, 2.45) is 11.3 Å². The molecule has 2 aliphatic rings. The predicted octanol–water partition coefficient (Wildman–Crippen LogP) is 5.39. The molecule has 6 atom stereocenters. The Morgan fingerprint density at radius 3 is 2.53 bits per heavy atom. The van der Waals surface area contributed by atoms with Gasteiger partial charge >= 0.3 is 0 Å². The van der Waals surface area contributed by atoms with Gasteiger partial charge in [0.15, 0.2) is 0 Å². The van der Waals surface area contributed by atoms with Crippen LogP contribution in [-0.4, -0.2) is 5.66 Å². The lowest BCUT2D eigenvalue weighted by atomic mass is 9.69. The maximum Gasteiger partial charge on any atom is -0.0105 e. The van der Waals surface area contributed by atoms with Gasteiger partial charge in [0.25, 0.3) is 0 Å². The molecule has 2 rings (SSSR count). The van der Waals surface area contributed by atoms with Gasteiger partial charge < -0.3 is 0 Å². The van der Waals surface area contributed by atoms with E-state index >= 15 is 0 Å². The molecular formula is C11H24P4. The molecule has 2 saturated carbocycles. The van der Waals surface area contributed by atoms with Gasteiger partial charge in [-0.3, -0.25) is 0 Å². The largest absolute Gasteiger partial charge is 0.110 e. The number of rotatable bonds is 2. The molecule has 4 heteroatoms. The number of hydrogen-bond acceptors (Lipinski definition) is 0. The van der Waals surface area contributed by atoms with Crippen molar-refractivity contribution in [2.45, 2.75) is 57.5 Å². The zero-order valence-corrected chi connectivity index (χ0v) is 13.9. The third-order valence-electron chi connectivity index (χ3n) is 4.60. The summed E-state index contributed by atoms with van der Waals surface area (Å²) in [6.07, 6.45) is 10.7. The molecule has 0 saturated heterocycles. The van der Waals surface area contributed by atoms with E-state index in [4.69, 9.17) is 0 Å². The summed E-state index contributed by atoms with van der Waals surface area (Å²) in [5.41, 5.74) is 1.85. The maximum absolute atomic E-state index is 3.17. The normalized spacial score (nSPS) is 37.8. The average molecular weight is 280 g/mol. The molecule has 15 heavy (non-hydrogen) atoms. The van der Waals surface area contributed by atoms with Crippen molar-refractivity contribution in [3.63, 3.8) is 0 Å². The molecule has 0 amide bonds. The van der Waals surface area contributed by atoms with Gasteiger partial charge in [-0.1, -0.05) is 35.0 Å². The Hall–Kier alpha value is 1.72. The highest BCUT2D eigenvalue weighted by molar-refractivity contribution is 8.61. The molecule has 0 aromatic heterocycles. The Morgan fingerprint density at radius 1 is 1.27 bits per heavy atom. The van der Waals surface area contributed by atoms with E-state index in [-0.39, 0.29) is 7.30 Å². The molecular weight excluding hydrogens is 256 g/mol. The maximum atomic E-state index is 3.17. The summed E-state index contributed by atoms with van der Waals surface area (Å²) in [5.74, 6) is 0.993.